The molecule has 1 rings (SSSR count). The van der Waals surface area contributed by atoms with Gasteiger partial charge in [-0.25, -0.2) is 0 Å². The van der Waals surface area contributed by atoms with E-state index in [1.807, 2.05) is 0 Å². The highest BCUT2D eigenvalue weighted by molar-refractivity contribution is 9.10. The van der Waals surface area contributed by atoms with Crippen molar-refractivity contribution in [2.24, 2.45) is 5.92 Å². The number of nitrogens with one attached hydrogen (secondary N) is 1. The molecule has 0 radical (unpaired) electrons. The van der Waals surface area contributed by atoms with E-state index in [1.54, 1.807) is 7.11 Å². The molecule has 0 aliphatic heterocycles. The summed E-state index contributed by atoms with van der Waals surface area (Å²) in [6, 6.07) is 4.69. The van der Waals surface area contributed by atoms with Gasteiger partial charge >= 0.3 is 0 Å². The van der Waals surface area contributed by atoms with Gasteiger partial charge in [0, 0.05) is 16.1 Å². The Balaban J connectivity index is 3.18. The van der Waals surface area contributed by atoms with Crippen LogP contribution >= 0.6 is 15.9 Å². The van der Waals surface area contributed by atoms with Crippen molar-refractivity contribution in [3.8, 4) is 5.75 Å². The van der Waals surface area contributed by atoms with Crippen LogP contribution in [0.2, 0.25) is 0 Å². The molecule has 114 valence electrons. The van der Waals surface area contributed by atoms with Gasteiger partial charge in [0.2, 0.25) is 0 Å². The number of aryl methyl sites for hydroxylation is 1. The van der Waals surface area contributed by atoms with Crippen molar-refractivity contribution in [2.45, 2.75) is 52.5 Å². The van der Waals surface area contributed by atoms with Crippen molar-refractivity contribution in [1.82, 2.24) is 5.32 Å². The highest BCUT2D eigenvalue weighted by Gasteiger charge is 2.24. The zero-order valence-electron chi connectivity index (χ0n) is 13.4. The van der Waals surface area contributed by atoms with E-state index in [0.717, 1.165) is 10.2 Å². The first-order valence-corrected chi connectivity index (χ1v) is 8.39. The third-order valence-corrected chi connectivity index (χ3v) is 4.80. The Morgan fingerprint density at radius 3 is 2.25 bits per heavy atom. The summed E-state index contributed by atoms with van der Waals surface area (Å²) in [5.41, 5.74) is 2.47. The Morgan fingerprint density at radius 1 is 1.20 bits per heavy atom. The SMILES string of the molecule is CCCC(CCC)C(NC)c1cc(Br)c(C)cc1OC. The number of ether oxygens (including phenoxy) is 1. The lowest BCUT2D eigenvalue weighted by Crippen LogP contribution is -2.26. The van der Waals surface area contributed by atoms with Crippen molar-refractivity contribution < 1.29 is 4.74 Å². The molecule has 20 heavy (non-hydrogen) atoms. The fourth-order valence-corrected chi connectivity index (χ4v) is 3.32. The van der Waals surface area contributed by atoms with Gasteiger partial charge in [-0.05, 0) is 50.4 Å². The van der Waals surface area contributed by atoms with Gasteiger partial charge in [-0.15, -0.1) is 0 Å². The summed E-state index contributed by atoms with van der Waals surface area (Å²) in [7, 11) is 3.81. The summed E-state index contributed by atoms with van der Waals surface area (Å²) in [4.78, 5) is 0. The Kier molecular flexibility index (Phi) is 7.60. The lowest BCUT2D eigenvalue weighted by Gasteiger charge is -2.28. The van der Waals surface area contributed by atoms with Crippen LogP contribution in [0.15, 0.2) is 16.6 Å². The topological polar surface area (TPSA) is 21.3 Å². The molecule has 0 aliphatic carbocycles. The molecular formula is C17H28BrNO. The first-order valence-electron chi connectivity index (χ1n) is 7.60. The molecule has 1 N–H and O–H groups in total. The smallest absolute Gasteiger partial charge is 0.123 e. The standard InChI is InChI=1S/C17H28BrNO/c1-6-8-13(9-7-2)17(19-4)14-11-15(18)12(3)10-16(14)20-5/h10-11,13,17,19H,6-9H2,1-5H3. The molecule has 0 saturated heterocycles. The van der Waals surface area contributed by atoms with E-state index in [2.05, 4.69) is 61.2 Å². The van der Waals surface area contributed by atoms with Gasteiger partial charge in [-0.3, -0.25) is 0 Å². The quantitative estimate of drug-likeness (QED) is 0.697. The summed E-state index contributed by atoms with van der Waals surface area (Å²) >= 11 is 3.65. The lowest BCUT2D eigenvalue weighted by molar-refractivity contribution is 0.318. The van der Waals surface area contributed by atoms with E-state index < -0.39 is 0 Å². The third-order valence-electron chi connectivity index (χ3n) is 3.95. The van der Waals surface area contributed by atoms with Gasteiger partial charge in [0.15, 0.2) is 0 Å². The summed E-state index contributed by atoms with van der Waals surface area (Å²) in [5, 5.41) is 3.51. The molecule has 0 aromatic heterocycles. The molecule has 0 bridgehead atoms. The Bertz CT molecular complexity index is 414. The van der Waals surface area contributed by atoms with Gasteiger partial charge in [0.05, 0.1) is 7.11 Å². The molecule has 1 unspecified atom stereocenters. The minimum Gasteiger partial charge on any atom is -0.496 e. The number of benzene rings is 1. The Morgan fingerprint density at radius 2 is 1.80 bits per heavy atom. The normalized spacial score (nSPS) is 12.8. The fraction of sp³-hybridized carbons (Fsp3) is 0.647. The number of methoxy groups -OCH3 is 1. The highest BCUT2D eigenvalue weighted by atomic mass is 79.9. The van der Waals surface area contributed by atoms with Crippen molar-refractivity contribution in [3.63, 3.8) is 0 Å². The second-order valence-electron chi connectivity index (χ2n) is 5.45. The van der Waals surface area contributed by atoms with Gasteiger partial charge in [0.1, 0.15) is 5.75 Å². The van der Waals surface area contributed by atoms with Crippen LogP contribution in [0.25, 0.3) is 0 Å². The van der Waals surface area contributed by atoms with Crippen molar-refractivity contribution >= 4 is 15.9 Å². The monoisotopic (exact) mass is 341 g/mol. The number of hydrogen-bond donors (Lipinski definition) is 1. The van der Waals surface area contributed by atoms with Gasteiger partial charge < -0.3 is 10.1 Å². The van der Waals surface area contributed by atoms with Crippen molar-refractivity contribution in [3.05, 3.63) is 27.7 Å². The van der Waals surface area contributed by atoms with E-state index in [1.165, 1.54) is 36.8 Å². The first kappa shape index (κ1) is 17.5. The third kappa shape index (κ3) is 4.23. The molecule has 0 fully saturated rings. The van der Waals surface area contributed by atoms with Crippen LogP contribution in [0.3, 0.4) is 0 Å². The zero-order valence-corrected chi connectivity index (χ0v) is 15.0. The number of hydrogen-bond acceptors (Lipinski definition) is 2. The second-order valence-corrected chi connectivity index (χ2v) is 6.30. The molecule has 0 spiro atoms. The van der Waals surface area contributed by atoms with Crippen LogP contribution in [0.1, 0.15) is 56.7 Å². The summed E-state index contributed by atoms with van der Waals surface area (Å²) in [6.45, 7) is 6.62. The van der Waals surface area contributed by atoms with Crippen LogP contribution < -0.4 is 10.1 Å². The largest absolute Gasteiger partial charge is 0.496 e. The van der Waals surface area contributed by atoms with Crippen LogP contribution in [0.4, 0.5) is 0 Å². The predicted molar refractivity (Wildman–Crippen MR) is 90.5 cm³/mol. The van der Waals surface area contributed by atoms with E-state index in [-0.39, 0.29) is 0 Å². The molecule has 1 aromatic rings. The summed E-state index contributed by atoms with van der Waals surface area (Å²) in [6.07, 6.45) is 4.93. The minimum atomic E-state index is 0.349. The van der Waals surface area contributed by atoms with Crippen molar-refractivity contribution in [1.29, 1.82) is 0 Å². The van der Waals surface area contributed by atoms with Crippen LogP contribution in [0.5, 0.6) is 5.75 Å². The maximum Gasteiger partial charge on any atom is 0.123 e. The van der Waals surface area contributed by atoms with Gasteiger partial charge in [-0.2, -0.15) is 0 Å². The Hall–Kier alpha value is -0.540. The van der Waals surface area contributed by atoms with Crippen LogP contribution in [-0.4, -0.2) is 14.2 Å². The molecule has 3 heteroatoms. The average Bonchev–Trinajstić information content (AvgIpc) is 2.43. The second kappa shape index (κ2) is 8.68. The van der Waals surface area contributed by atoms with E-state index in [0.29, 0.717) is 12.0 Å². The maximum absolute atomic E-state index is 5.61. The molecule has 2 nitrogen and oxygen atoms in total. The number of halogens is 1. The van der Waals surface area contributed by atoms with E-state index in [9.17, 15) is 0 Å². The molecule has 0 aliphatic rings. The van der Waals surface area contributed by atoms with Crippen molar-refractivity contribution in [2.75, 3.05) is 14.2 Å². The molecule has 0 saturated carbocycles. The van der Waals surface area contributed by atoms with E-state index >= 15 is 0 Å². The summed E-state index contributed by atoms with van der Waals surface area (Å²) in [5.74, 6) is 1.64. The fourth-order valence-electron chi connectivity index (χ4n) is 2.95. The molecular weight excluding hydrogens is 314 g/mol. The average molecular weight is 342 g/mol. The first-order chi connectivity index (χ1) is 9.58. The zero-order chi connectivity index (χ0) is 15.1. The van der Waals surface area contributed by atoms with Gasteiger partial charge in [0.25, 0.3) is 0 Å². The number of rotatable bonds is 8. The maximum atomic E-state index is 5.61. The summed E-state index contributed by atoms with van der Waals surface area (Å²) < 4.78 is 6.76. The molecule has 0 heterocycles. The Labute approximate surface area is 132 Å². The minimum absolute atomic E-state index is 0.349. The predicted octanol–water partition coefficient (Wildman–Crippen LogP) is 5.24. The lowest BCUT2D eigenvalue weighted by atomic mass is 9.85. The highest BCUT2D eigenvalue weighted by Crippen LogP contribution is 2.37. The van der Waals surface area contributed by atoms with E-state index in [4.69, 9.17) is 4.74 Å². The van der Waals surface area contributed by atoms with Crippen LogP contribution in [0, 0.1) is 12.8 Å². The molecule has 1 atom stereocenters. The van der Waals surface area contributed by atoms with Crippen LogP contribution in [-0.2, 0) is 0 Å². The van der Waals surface area contributed by atoms with Gasteiger partial charge in [-0.1, -0.05) is 42.6 Å². The molecule has 0 amide bonds. The molecule has 1 aromatic carbocycles.